The lowest BCUT2D eigenvalue weighted by atomic mass is 10.2. The van der Waals surface area contributed by atoms with Crippen molar-refractivity contribution in [3.8, 4) is 17.2 Å². The number of urea groups is 1. The van der Waals surface area contributed by atoms with Crippen molar-refractivity contribution in [1.29, 1.82) is 0 Å². The van der Waals surface area contributed by atoms with E-state index in [1.165, 1.54) is 20.2 Å². The molecule has 0 aliphatic heterocycles. The minimum absolute atomic E-state index is 0.0169. The van der Waals surface area contributed by atoms with Gasteiger partial charge >= 0.3 is 6.03 Å². The third-order valence-corrected chi connectivity index (χ3v) is 3.62. The standard InChI is InChI=1S/C20H24N4O6/c1-13(25)23-15-4-6-17(7-5-15)29-11-16(26)12-30-18-8-3-14(9-19(18)28-2)10-22-24-20(21)27/h3-10,16,26H,11-12H2,1-2H3,(H,23,25)(H3,21,24,27)/t16-/m1/s1. The van der Waals surface area contributed by atoms with Crippen molar-refractivity contribution >= 4 is 23.8 Å². The molecule has 0 heterocycles. The molecule has 10 heteroatoms. The monoisotopic (exact) mass is 416 g/mol. The van der Waals surface area contributed by atoms with Gasteiger partial charge in [-0.15, -0.1) is 0 Å². The number of hydrazone groups is 1. The lowest BCUT2D eigenvalue weighted by Gasteiger charge is -2.15. The summed E-state index contributed by atoms with van der Waals surface area (Å²) in [4.78, 5) is 21.6. The summed E-state index contributed by atoms with van der Waals surface area (Å²) in [6.07, 6.45) is 0.516. The van der Waals surface area contributed by atoms with Gasteiger partial charge in [-0.3, -0.25) is 4.79 Å². The maximum absolute atomic E-state index is 11.0. The van der Waals surface area contributed by atoms with Gasteiger partial charge in [0.1, 0.15) is 25.1 Å². The van der Waals surface area contributed by atoms with Crippen molar-refractivity contribution in [3.63, 3.8) is 0 Å². The van der Waals surface area contributed by atoms with Crippen molar-refractivity contribution in [2.45, 2.75) is 13.0 Å². The molecule has 0 radical (unpaired) electrons. The van der Waals surface area contributed by atoms with E-state index in [9.17, 15) is 14.7 Å². The Morgan fingerprint density at radius 1 is 1.13 bits per heavy atom. The zero-order valence-electron chi connectivity index (χ0n) is 16.6. The third kappa shape index (κ3) is 7.68. The Morgan fingerprint density at radius 3 is 2.47 bits per heavy atom. The van der Waals surface area contributed by atoms with Crippen LogP contribution >= 0.6 is 0 Å². The second-order valence-electron chi connectivity index (χ2n) is 6.13. The number of hydrogen-bond acceptors (Lipinski definition) is 7. The summed E-state index contributed by atoms with van der Waals surface area (Å²) in [6.45, 7) is 1.43. The van der Waals surface area contributed by atoms with E-state index in [0.29, 0.717) is 28.5 Å². The van der Waals surface area contributed by atoms with E-state index >= 15 is 0 Å². The van der Waals surface area contributed by atoms with Crippen LogP contribution in [-0.2, 0) is 4.79 Å². The van der Waals surface area contributed by atoms with Gasteiger partial charge in [-0.1, -0.05) is 0 Å². The Kier molecular flexibility index (Phi) is 8.45. The maximum atomic E-state index is 11.0. The van der Waals surface area contributed by atoms with Gasteiger partial charge in [0.05, 0.1) is 13.3 Å². The number of benzene rings is 2. The Hall–Kier alpha value is -3.79. The van der Waals surface area contributed by atoms with E-state index in [4.69, 9.17) is 19.9 Å². The molecule has 1 atom stereocenters. The van der Waals surface area contributed by atoms with Crippen LogP contribution in [0, 0.1) is 0 Å². The molecule has 0 aromatic heterocycles. The van der Waals surface area contributed by atoms with Crippen LogP contribution in [0.5, 0.6) is 17.2 Å². The molecule has 5 N–H and O–H groups in total. The van der Waals surface area contributed by atoms with Crippen molar-refractivity contribution in [2.24, 2.45) is 10.8 Å². The van der Waals surface area contributed by atoms with Gasteiger partial charge < -0.3 is 30.4 Å². The first-order chi connectivity index (χ1) is 14.4. The fraction of sp³-hybridized carbons (Fsp3) is 0.250. The van der Waals surface area contributed by atoms with E-state index in [2.05, 4.69) is 15.8 Å². The van der Waals surface area contributed by atoms with Gasteiger partial charge in [-0.25, -0.2) is 10.2 Å². The number of amides is 3. The maximum Gasteiger partial charge on any atom is 0.332 e. The molecule has 3 amide bonds. The summed E-state index contributed by atoms with van der Waals surface area (Å²) in [5.41, 5.74) is 8.34. The van der Waals surface area contributed by atoms with Crippen LogP contribution in [-0.4, -0.2) is 49.7 Å². The normalized spacial score (nSPS) is 11.6. The van der Waals surface area contributed by atoms with Gasteiger partial charge in [0.25, 0.3) is 0 Å². The molecule has 0 aliphatic carbocycles. The number of primary amides is 1. The van der Waals surface area contributed by atoms with Gasteiger partial charge in [0.15, 0.2) is 11.5 Å². The highest BCUT2D eigenvalue weighted by Crippen LogP contribution is 2.27. The lowest BCUT2D eigenvalue weighted by Crippen LogP contribution is -2.25. The zero-order chi connectivity index (χ0) is 21.9. The van der Waals surface area contributed by atoms with Crippen LogP contribution in [0.2, 0.25) is 0 Å². The highest BCUT2D eigenvalue weighted by Gasteiger charge is 2.10. The second-order valence-corrected chi connectivity index (χ2v) is 6.13. The number of carbonyl (C=O) groups excluding carboxylic acids is 2. The van der Waals surface area contributed by atoms with E-state index < -0.39 is 12.1 Å². The van der Waals surface area contributed by atoms with Gasteiger partial charge in [0.2, 0.25) is 5.91 Å². The molecule has 0 unspecified atom stereocenters. The summed E-state index contributed by atoms with van der Waals surface area (Å²) >= 11 is 0. The number of aliphatic hydroxyl groups excluding tert-OH is 1. The molecule has 0 fully saturated rings. The van der Waals surface area contributed by atoms with Crippen LogP contribution in [0.15, 0.2) is 47.6 Å². The number of aliphatic hydroxyl groups is 1. The van der Waals surface area contributed by atoms with Crippen molar-refractivity contribution < 1.29 is 28.9 Å². The zero-order valence-corrected chi connectivity index (χ0v) is 16.6. The number of methoxy groups -OCH3 is 1. The quantitative estimate of drug-likeness (QED) is 0.341. The molecule has 0 bridgehead atoms. The fourth-order valence-electron chi connectivity index (χ4n) is 2.32. The first kappa shape index (κ1) is 22.5. The summed E-state index contributed by atoms with van der Waals surface area (Å²) in [5.74, 6) is 1.25. The Bertz CT molecular complexity index is 885. The fourth-order valence-corrected chi connectivity index (χ4v) is 2.32. The number of hydrogen-bond donors (Lipinski definition) is 4. The summed E-state index contributed by atoms with van der Waals surface area (Å²) in [7, 11) is 1.48. The Morgan fingerprint density at radius 2 is 1.83 bits per heavy atom. The van der Waals surface area contributed by atoms with Gasteiger partial charge in [0, 0.05) is 12.6 Å². The third-order valence-electron chi connectivity index (χ3n) is 3.62. The van der Waals surface area contributed by atoms with Crippen LogP contribution < -0.4 is 30.7 Å². The van der Waals surface area contributed by atoms with E-state index in [0.717, 1.165) is 0 Å². The van der Waals surface area contributed by atoms with Crippen LogP contribution in [0.4, 0.5) is 10.5 Å². The Balaban J connectivity index is 1.84. The van der Waals surface area contributed by atoms with Crippen LogP contribution in [0.1, 0.15) is 12.5 Å². The highest BCUT2D eigenvalue weighted by molar-refractivity contribution is 5.88. The van der Waals surface area contributed by atoms with Crippen LogP contribution in [0.3, 0.4) is 0 Å². The number of rotatable bonds is 10. The number of nitrogens with zero attached hydrogens (tertiary/aromatic N) is 1. The van der Waals surface area contributed by atoms with E-state index in [1.54, 1.807) is 42.5 Å². The predicted octanol–water partition coefficient (Wildman–Crippen LogP) is 1.47. The second kappa shape index (κ2) is 11.3. The molecule has 2 aromatic rings. The number of carbonyl (C=O) groups is 2. The topological polar surface area (TPSA) is 145 Å². The first-order valence-electron chi connectivity index (χ1n) is 8.95. The lowest BCUT2D eigenvalue weighted by molar-refractivity contribution is -0.114. The minimum atomic E-state index is -0.884. The number of ether oxygens (including phenoxy) is 3. The molecular weight excluding hydrogens is 392 g/mol. The molecular formula is C20H24N4O6. The number of anilines is 1. The molecule has 0 saturated heterocycles. The summed E-state index contributed by atoms with van der Waals surface area (Å²) < 4.78 is 16.4. The van der Waals surface area contributed by atoms with Gasteiger partial charge in [-0.05, 0) is 48.0 Å². The van der Waals surface area contributed by atoms with Crippen molar-refractivity contribution in [2.75, 3.05) is 25.6 Å². The average Bonchev–Trinajstić information content (AvgIpc) is 2.71. The molecule has 0 saturated carbocycles. The largest absolute Gasteiger partial charge is 0.493 e. The molecule has 10 nitrogen and oxygen atoms in total. The van der Waals surface area contributed by atoms with Gasteiger partial charge in [-0.2, -0.15) is 5.10 Å². The predicted molar refractivity (Wildman–Crippen MR) is 111 cm³/mol. The van der Waals surface area contributed by atoms with E-state index in [1.807, 2.05) is 0 Å². The number of nitrogens with one attached hydrogen (secondary N) is 2. The molecule has 160 valence electrons. The number of nitrogens with two attached hydrogens (primary N) is 1. The highest BCUT2D eigenvalue weighted by atomic mass is 16.5. The molecule has 0 spiro atoms. The van der Waals surface area contributed by atoms with Crippen molar-refractivity contribution in [1.82, 2.24) is 5.43 Å². The minimum Gasteiger partial charge on any atom is -0.493 e. The molecule has 30 heavy (non-hydrogen) atoms. The SMILES string of the molecule is COc1cc(C=NNC(N)=O)ccc1OC[C@H](O)COc1ccc(NC(C)=O)cc1. The summed E-state index contributed by atoms with van der Waals surface area (Å²) in [5, 5.41) is 16.4. The molecule has 0 aliphatic rings. The van der Waals surface area contributed by atoms with E-state index in [-0.39, 0.29) is 19.1 Å². The smallest absolute Gasteiger partial charge is 0.332 e. The average molecular weight is 416 g/mol. The molecule has 2 aromatic carbocycles. The molecule has 2 rings (SSSR count). The van der Waals surface area contributed by atoms with Crippen molar-refractivity contribution in [3.05, 3.63) is 48.0 Å². The summed E-state index contributed by atoms with van der Waals surface area (Å²) in [6, 6.07) is 11.0. The first-order valence-corrected chi connectivity index (χ1v) is 8.95. The van der Waals surface area contributed by atoms with Crippen LogP contribution in [0.25, 0.3) is 0 Å². The Labute approximate surface area is 173 Å².